The predicted molar refractivity (Wildman–Crippen MR) is 90.4 cm³/mol. The number of carbonyl (C=O) groups excluding carboxylic acids is 1. The summed E-state index contributed by atoms with van der Waals surface area (Å²) in [7, 11) is 0. The maximum atomic E-state index is 12.9. The zero-order chi connectivity index (χ0) is 17.6. The quantitative estimate of drug-likeness (QED) is 0.746. The summed E-state index contributed by atoms with van der Waals surface area (Å²) in [4.78, 5) is 14.6. The number of carbonyl (C=O) groups is 1. The van der Waals surface area contributed by atoms with Crippen molar-refractivity contribution >= 4 is 5.91 Å². The summed E-state index contributed by atoms with van der Waals surface area (Å²) in [5.74, 6) is -0.0702. The third kappa shape index (κ3) is 5.76. The fourth-order valence-corrected chi connectivity index (χ4v) is 2.70. The van der Waals surface area contributed by atoms with Crippen LogP contribution in [0, 0.1) is 5.82 Å². The van der Waals surface area contributed by atoms with Gasteiger partial charge in [-0.05, 0) is 63.9 Å². The number of likely N-dealkylation sites (tertiary alicyclic amines) is 1. The summed E-state index contributed by atoms with van der Waals surface area (Å²) in [6, 6.07) is 5.63. The first-order valence-corrected chi connectivity index (χ1v) is 8.50. The van der Waals surface area contributed by atoms with E-state index < -0.39 is 5.60 Å². The second kappa shape index (κ2) is 8.44. The van der Waals surface area contributed by atoms with E-state index in [4.69, 9.17) is 4.74 Å². The molecule has 0 unspecified atom stereocenters. The molecule has 6 heteroatoms. The van der Waals surface area contributed by atoms with Crippen molar-refractivity contribution in [2.45, 2.75) is 44.8 Å². The summed E-state index contributed by atoms with van der Waals surface area (Å²) in [6.07, 6.45) is 2.34. The number of nitrogens with zero attached hydrogens (tertiary/aromatic N) is 1. The predicted octanol–water partition coefficient (Wildman–Crippen LogP) is 1.95. The maximum absolute atomic E-state index is 12.9. The zero-order valence-electron chi connectivity index (χ0n) is 14.4. The number of rotatable bonds is 7. The van der Waals surface area contributed by atoms with E-state index in [2.05, 4.69) is 10.2 Å². The number of aliphatic hydroxyl groups excluding tert-OH is 1. The smallest absolute Gasteiger partial charge is 0.263 e. The van der Waals surface area contributed by atoms with Crippen LogP contribution in [-0.2, 0) is 4.79 Å². The molecule has 1 fully saturated rings. The van der Waals surface area contributed by atoms with Gasteiger partial charge in [0.15, 0.2) is 5.60 Å². The van der Waals surface area contributed by atoms with Gasteiger partial charge in [0.2, 0.25) is 0 Å². The summed E-state index contributed by atoms with van der Waals surface area (Å²) in [6.45, 7) is 6.69. The van der Waals surface area contributed by atoms with Crippen molar-refractivity contribution in [2.24, 2.45) is 0 Å². The molecule has 1 aromatic carbocycles. The van der Waals surface area contributed by atoms with E-state index >= 15 is 0 Å². The van der Waals surface area contributed by atoms with Gasteiger partial charge in [0.05, 0.1) is 6.10 Å². The Morgan fingerprint density at radius 3 is 2.58 bits per heavy atom. The number of aliphatic hydroxyl groups is 1. The van der Waals surface area contributed by atoms with E-state index in [-0.39, 0.29) is 17.8 Å². The Morgan fingerprint density at radius 1 is 1.33 bits per heavy atom. The van der Waals surface area contributed by atoms with Crippen LogP contribution in [0.15, 0.2) is 24.3 Å². The number of nitrogens with one attached hydrogen (secondary N) is 1. The maximum Gasteiger partial charge on any atom is 0.263 e. The molecule has 1 aromatic rings. The van der Waals surface area contributed by atoms with Gasteiger partial charge in [-0.2, -0.15) is 0 Å². The normalized spacial score (nSPS) is 16.8. The number of piperidine rings is 1. The number of halogens is 1. The Morgan fingerprint density at radius 2 is 1.96 bits per heavy atom. The molecule has 1 amide bonds. The van der Waals surface area contributed by atoms with Crippen molar-refractivity contribution in [2.75, 3.05) is 26.2 Å². The molecule has 0 bridgehead atoms. The number of hydrogen-bond acceptors (Lipinski definition) is 4. The van der Waals surface area contributed by atoms with Crippen molar-refractivity contribution in [3.05, 3.63) is 30.1 Å². The second-order valence-corrected chi connectivity index (χ2v) is 6.75. The molecule has 0 spiro atoms. The second-order valence-electron chi connectivity index (χ2n) is 6.75. The number of amides is 1. The first-order valence-electron chi connectivity index (χ1n) is 8.50. The molecular weight excluding hydrogens is 311 g/mol. The Bertz CT molecular complexity index is 526. The minimum Gasteiger partial charge on any atom is -0.478 e. The average Bonchev–Trinajstić information content (AvgIpc) is 2.55. The van der Waals surface area contributed by atoms with Crippen molar-refractivity contribution in [3.63, 3.8) is 0 Å². The van der Waals surface area contributed by atoms with Crippen LogP contribution in [0.2, 0.25) is 0 Å². The van der Waals surface area contributed by atoms with E-state index in [0.717, 1.165) is 38.9 Å². The Kier molecular flexibility index (Phi) is 6.57. The summed E-state index contributed by atoms with van der Waals surface area (Å²) < 4.78 is 18.6. The van der Waals surface area contributed by atoms with Crippen molar-refractivity contribution in [3.8, 4) is 5.75 Å². The first kappa shape index (κ1) is 18.7. The van der Waals surface area contributed by atoms with Crippen LogP contribution >= 0.6 is 0 Å². The topological polar surface area (TPSA) is 61.8 Å². The van der Waals surface area contributed by atoms with Crippen LogP contribution in [0.4, 0.5) is 4.39 Å². The summed E-state index contributed by atoms with van der Waals surface area (Å²) in [5.41, 5.74) is -1.02. The highest BCUT2D eigenvalue weighted by Crippen LogP contribution is 2.19. The van der Waals surface area contributed by atoms with Gasteiger partial charge in [-0.15, -0.1) is 0 Å². The molecule has 1 saturated heterocycles. The molecule has 0 saturated carbocycles. The molecule has 1 aliphatic heterocycles. The average molecular weight is 338 g/mol. The molecule has 0 atom stereocenters. The lowest BCUT2D eigenvalue weighted by atomic mass is 10.1. The minimum absolute atomic E-state index is 0.162. The molecule has 5 nitrogen and oxygen atoms in total. The summed E-state index contributed by atoms with van der Waals surface area (Å²) >= 11 is 0. The molecule has 134 valence electrons. The highest BCUT2D eigenvalue weighted by molar-refractivity contribution is 5.84. The lowest BCUT2D eigenvalue weighted by Gasteiger charge is -2.29. The molecule has 0 radical (unpaired) electrons. The van der Waals surface area contributed by atoms with E-state index in [0.29, 0.717) is 12.3 Å². The number of ether oxygens (including phenoxy) is 1. The largest absolute Gasteiger partial charge is 0.478 e. The molecule has 1 aliphatic rings. The lowest BCUT2D eigenvalue weighted by molar-refractivity contribution is -0.134. The van der Waals surface area contributed by atoms with E-state index in [9.17, 15) is 14.3 Å². The van der Waals surface area contributed by atoms with Gasteiger partial charge in [-0.3, -0.25) is 4.79 Å². The van der Waals surface area contributed by atoms with Crippen molar-refractivity contribution in [1.29, 1.82) is 0 Å². The number of benzene rings is 1. The molecule has 2 N–H and O–H groups in total. The monoisotopic (exact) mass is 338 g/mol. The molecule has 24 heavy (non-hydrogen) atoms. The van der Waals surface area contributed by atoms with Crippen LogP contribution in [-0.4, -0.2) is 53.8 Å². The Hall–Kier alpha value is -1.66. The van der Waals surface area contributed by atoms with Crippen molar-refractivity contribution in [1.82, 2.24) is 10.2 Å². The van der Waals surface area contributed by atoms with Gasteiger partial charge >= 0.3 is 0 Å². The Balaban J connectivity index is 1.69. The van der Waals surface area contributed by atoms with Gasteiger partial charge < -0.3 is 20.1 Å². The molecule has 0 aromatic heterocycles. The van der Waals surface area contributed by atoms with Crippen LogP contribution in [0.25, 0.3) is 0 Å². The first-order chi connectivity index (χ1) is 11.4. The van der Waals surface area contributed by atoms with Gasteiger partial charge in [0, 0.05) is 19.6 Å². The SMILES string of the molecule is CC(C)(Oc1ccc(F)cc1)C(=O)NCCCN1CCC(O)CC1. The van der Waals surface area contributed by atoms with E-state index in [1.54, 1.807) is 13.8 Å². The standard InChI is InChI=1S/C18H27FN2O3/c1-18(2,24-16-6-4-14(19)5-7-16)17(23)20-10-3-11-21-12-8-15(22)9-13-21/h4-7,15,22H,3,8-13H2,1-2H3,(H,20,23). The van der Waals surface area contributed by atoms with Gasteiger partial charge in [-0.25, -0.2) is 4.39 Å². The van der Waals surface area contributed by atoms with Crippen LogP contribution in [0.1, 0.15) is 33.1 Å². The highest BCUT2D eigenvalue weighted by atomic mass is 19.1. The van der Waals surface area contributed by atoms with Crippen LogP contribution in [0.3, 0.4) is 0 Å². The molecule has 1 heterocycles. The van der Waals surface area contributed by atoms with Crippen LogP contribution in [0.5, 0.6) is 5.75 Å². The van der Waals surface area contributed by atoms with E-state index in [1.807, 2.05) is 0 Å². The fourth-order valence-electron chi connectivity index (χ4n) is 2.70. The third-order valence-electron chi connectivity index (χ3n) is 4.23. The summed E-state index contributed by atoms with van der Waals surface area (Å²) in [5, 5.41) is 12.4. The Labute approximate surface area is 142 Å². The third-order valence-corrected chi connectivity index (χ3v) is 4.23. The molecule has 2 rings (SSSR count). The minimum atomic E-state index is -1.02. The van der Waals surface area contributed by atoms with Crippen molar-refractivity contribution < 1.29 is 19.0 Å². The van der Waals surface area contributed by atoms with E-state index in [1.165, 1.54) is 24.3 Å². The van der Waals surface area contributed by atoms with Gasteiger partial charge in [0.1, 0.15) is 11.6 Å². The van der Waals surface area contributed by atoms with Crippen LogP contribution < -0.4 is 10.1 Å². The lowest BCUT2D eigenvalue weighted by Crippen LogP contribution is -2.47. The fraction of sp³-hybridized carbons (Fsp3) is 0.611. The molecular formula is C18H27FN2O3. The van der Waals surface area contributed by atoms with Gasteiger partial charge in [0.25, 0.3) is 5.91 Å². The molecule has 0 aliphatic carbocycles. The van der Waals surface area contributed by atoms with Gasteiger partial charge in [-0.1, -0.05) is 0 Å². The number of hydrogen-bond donors (Lipinski definition) is 2. The zero-order valence-corrected chi connectivity index (χ0v) is 14.4. The highest BCUT2D eigenvalue weighted by Gasteiger charge is 2.29.